The van der Waals surface area contributed by atoms with E-state index in [1.807, 2.05) is 114 Å². The van der Waals surface area contributed by atoms with Gasteiger partial charge in [0.05, 0.1) is 57.8 Å². The summed E-state index contributed by atoms with van der Waals surface area (Å²) >= 11 is 10.8. The third-order valence-electron chi connectivity index (χ3n) is 18.3. The first-order valence-corrected chi connectivity index (χ1v) is 37.5. The third kappa shape index (κ3) is 16.8. The maximum atomic E-state index is 12.0. The van der Waals surface area contributed by atoms with Crippen LogP contribution in [0.4, 0.5) is 17.6 Å². The maximum Gasteiger partial charge on any atom is 0.522 e. The van der Waals surface area contributed by atoms with Crippen LogP contribution < -0.4 is 5.46 Å². The van der Waals surface area contributed by atoms with E-state index in [0.717, 1.165) is 26.0 Å². The molecule has 512 valence electrons. The van der Waals surface area contributed by atoms with E-state index in [1.165, 1.54) is 78.2 Å². The largest absolute Gasteiger partial charge is 0.522 e. The molecule has 0 saturated carbocycles. The minimum Gasteiger partial charge on any atom is -0.405 e. The van der Waals surface area contributed by atoms with Crippen LogP contribution in [0, 0.1) is 0 Å². The lowest BCUT2D eigenvalue weighted by Gasteiger charge is -2.32. The van der Waals surface area contributed by atoms with Gasteiger partial charge in [-0.2, -0.15) is 21.6 Å². The van der Waals surface area contributed by atoms with E-state index in [2.05, 4.69) is 229 Å². The van der Waals surface area contributed by atoms with E-state index < -0.39 is 47.6 Å². The standard InChI is InChI=1S/C24H23BO2S.C19H15BrOS.C18H11BrS.C12H24B2O4.CHF3O3S.CH3F/c1-23(2)24(3,4)27-25(26-23)20-12-8-11-19-18-14-13-17(15-21(18)28-22(19)20)16-9-6-5-7-10-16;1-22(21)19-17(8-5-9-18(19)20)16-12-10-15(11-13-16)14-6-3-2-4-7-14;19-16-8-4-7-15-14-10-9-13(11-17(14)20-18(15)16)12-5-2-1-3-6-12;1-9(2)10(3,4)16-13(15-9)14-17-11(5,6)12(7,8)18-14;2-1(3,4)8(5,6)7;1-2/h5-15H,1-4H3;2-13H,1H3;1-11H;1-8H3;(H,5,6,7);1H3/i;;;;;1D. The Morgan fingerprint density at radius 2 is 0.776 bits per heavy atom. The molecule has 0 amide bonds. The Balaban J connectivity index is 0.000000148. The number of benzene rings is 9. The smallest absolute Gasteiger partial charge is 0.405 e. The monoisotopic (exact) mass is 1530 g/mol. The van der Waals surface area contributed by atoms with E-state index >= 15 is 0 Å². The molecule has 14 rings (SSSR count). The van der Waals surface area contributed by atoms with Crippen molar-refractivity contribution in [3.8, 4) is 44.5 Å². The molecule has 1 N–H and O–H groups in total. The zero-order chi connectivity index (χ0) is 72.3. The average Bonchev–Trinajstić information content (AvgIpc) is 1.61. The number of hydrogen-bond donors (Lipinski definition) is 1. The number of alkyl halides is 4. The summed E-state index contributed by atoms with van der Waals surface area (Å²) in [6.45, 7) is 24.6. The highest BCUT2D eigenvalue weighted by Crippen LogP contribution is 2.45. The Bertz CT molecular complexity index is 4680. The second-order valence-electron chi connectivity index (χ2n) is 26.5. The van der Waals surface area contributed by atoms with Gasteiger partial charge in [0.25, 0.3) is 0 Å². The lowest BCUT2D eigenvalue weighted by molar-refractivity contribution is -0.0510. The molecule has 9 aromatic carbocycles. The Kier molecular flexibility index (Phi) is 23.2. The zero-order valence-electron chi connectivity index (χ0n) is 57.6. The predicted octanol–water partition coefficient (Wildman–Crippen LogP) is 21.3. The molecule has 3 saturated heterocycles. The lowest BCUT2D eigenvalue weighted by atomic mass is 9.49. The van der Waals surface area contributed by atoms with Crippen molar-refractivity contribution in [1.82, 2.24) is 0 Å². The fraction of sp³-hybridized carbons (Fsp3) is 0.280. The van der Waals surface area contributed by atoms with E-state index in [-0.39, 0.29) is 40.7 Å². The molecule has 2 aromatic heterocycles. The van der Waals surface area contributed by atoms with Crippen molar-refractivity contribution in [2.45, 2.75) is 127 Å². The maximum absolute atomic E-state index is 12.0. The van der Waals surface area contributed by atoms with Crippen molar-refractivity contribution in [3.05, 3.63) is 215 Å². The topological polar surface area (TPSA) is 127 Å². The molecule has 11 aromatic rings. The fourth-order valence-electron chi connectivity index (χ4n) is 10.9. The summed E-state index contributed by atoms with van der Waals surface area (Å²) in [6, 6.07) is 72.0. The van der Waals surface area contributed by atoms with Crippen LogP contribution in [0.1, 0.15) is 84.5 Å². The van der Waals surface area contributed by atoms with Crippen molar-refractivity contribution in [2.24, 2.45) is 0 Å². The van der Waals surface area contributed by atoms with Gasteiger partial charge in [0.15, 0.2) is 0 Å². The Hall–Kier alpha value is -5.89. The number of hydrogen-bond acceptors (Lipinski definition) is 11. The molecule has 98 heavy (non-hydrogen) atoms. The Labute approximate surface area is 602 Å². The minimum atomic E-state index is -5.84. The van der Waals surface area contributed by atoms with Gasteiger partial charge in [0, 0.05) is 55.6 Å². The number of thiophene rings is 2. The van der Waals surface area contributed by atoms with Crippen molar-refractivity contribution >= 4 is 142 Å². The van der Waals surface area contributed by atoms with Crippen LogP contribution in [0.25, 0.3) is 84.9 Å². The molecule has 3 aliphatic heterocycles. The summed E-state index contributed by atoms with van der Waals surface area (Å²) in [6.07, 6.45) is 1.71. The van der Waals surface area contributed by atoms with Crippen molar-refractivity contribution < 1.29 is 64.0 Å². The van der Waals surface area contributed by atoms with Crippen LogP contribution in [0.2, 0.25) is 0 Å². The summed E-state index contributed by atoms with van der Waals surface area (Å²) in [5.74, 6) is 0. The lowest BCUT2D eigenvalue weighted by Crippen LogP contribution is -2.41. The normalized spacial score (nSPS) is 17.4. The van der Waals surface area contributed by atoms with E-state index in [4.69, 9.17) is 42.3 Å². The first kappa shape index (κ1) is 74.8. The summed E-state index contributed by atoms with van der Waals surface area (Å²) in [7, 11) is -9.17. The molecular weight excluding hydrogens is 1460 g/mol. The molecule has 23 heteroatoms. The molecule has 5 heterocycles. The van der Waals surface area contributed by atoms with Crippen LogP contribution in [-0.4, -0.2) is 90.8 Å². The van der Waals surface area contributed by atoms with E-state index in [1.54, 1.807) is 6.26 Å². The highest BCUT2D eigenvalue weighted by molar-refractivity contribution is 9.11. The van der Waals surface area contributed by atoms with Gasteiger partial charge in [-0.3, -0.25) is 13.2 Å². The number of rotatable bonds is 7. The van der Waals surface area contributed by atoms with Gasteiger partial charge >= 0.3 is 36.8 Å². The number of fused-ring (bicyclic) bond motifs is 6. The molecule has 1 atom stereocenters. The van der Waals surface area contributed by atoms with Crippen LogP contribution >= 0.6 is 54.5 Å². The minimum absolute atomic E-state index is 0.336. The predicted molar refractivity (Wildman–Crippen MR) is 407 cm³/mol. The molecule has 0 aliphatic carbocycles. The highest BCUT2D eigenvalue weighted by Gasteiger charge is 2.64. The molecule has 0 radical (unpaired) electrons. The Morgan fingerprint density at radius 1 is 0.449 bits per heavy atom. The quantitative estimate of drug-likeness (QED) is 0.0713. The second-order valence-corrected chi connectivity index (χ2v) is 33.0. The van der Waals surface area contributed by atoms with Gasteiger partial charge in [-0.25, -0.2) is 0 Å². The van der Waals surface area contributed by atoms with Gasteiger partial charge < -0.3 is 27.9 Å². The fourth-order valence-corrected chi connectivity index (χ4v) is 15.8. The van der Waals surface area contributed by atoms with Gasteiger partial charge in [-0.15, -0.1) is 22.7 Å². The molecule has 10 nitrogen and oxygen atoms in total. The summed E-state index contributed by atoms with van der Waals surface area (Å²) in [4.78, 5) is 0.843. The van der Waals surface area contributed by atoms with Gasteiger partial charge in [0.2, 0.25) is 0 Å². The van der Waals surface area contributed by atoms with Crippen LogP contribution in [0.3, 0.4) is 0 Å². The number of halogens is 6. The van der Waals surface area contributed by atoms with Crippen molar-refractivity contribution in [3.63, 3.8) is 0 Å². The summed E-state index contributed by atoms with van der Waals surface area (Å²) < 4.78 is 129. The average molecular weight is 1540 g/mol. The first-order chi connectivity index (χ1) is 46.4. The second kappa shape index (κ2) is 30.4. The summed E-state index contributed by atoms with van der Waals surface area (Å²) in [5.41, 5.74) is 2.98. The molecule has 0 bridgehead atoms. The molecular formula is C75H77B3Br2F4O10S4. The first-order valence-electron chi connectivity index (χ1n) is 32.0. The highest BCUT2D eigenvalue weighted by atomic mass is 79.9. The van der Waals surface area contributed by atoms with E-state index in [9.17, 15) is 21.8 Å². The van der Waals surface area contributed by atoms with Crippen LogP contribution in [-0.2, 0) is 48.8 Å². The van der Waals surface area contributed by atoms with Gasteiger partial charge in [0.1, 0.15) is 0 Å². The zero-order valence-corrected chi connectivity index (χ0v) is 63.0. The molecule has 0 spiro atoms. The molecule has 3 aliphatic rings. The van der Waals surface area contributed by atoms with Crippen molar-refractivity contribution in [2.75, 3.05) is 13.4 Å². The van der Waals surface area contributed by atoms with E-state index in [0.29, 0.717) is 0 Å². The van der Waals surface area contributed by atoms with Crippen LogP contribution in [0.5, 0.6) is 0 Å². The molecule has 3 fully saturated rings. The molecule has 1 unspecified atom stereocenters. The summed E-state index contributed by atoms with van der Waals surface area (Å²) in [5, 5.41) is 5.23. The van der Waals surface area contributed by atoms with Crippen LogP contribution in [0.15, 0.2) is 220 Å². The van der Waals surface area contributed by atoms with Gasteiger partial charge in [-0.05, 0) is 189 Å². The van der Waals surface area contributed by atoms with Gasteiger partial charge in [-0.1, -0.05) is 182 Å². The third-order valence-corrected chi connectivity index (χ3v) is 24.2. The SMILES string of the molecule is Brc1cccc2c1sc1cc(-c3ccccc3)ccc12.CC1(C)OB(B2OC(C)(C)C(C)(C)O2)OC1(C)C.CC1(C)OB(c2cccc3c2sc2cc(-c4ccccc4)ccc23)OC1(C)C.CS(=O)c1c(Br)cccc1-c1ccc(-c2ccccc2)cc1.O=S(=O)(O)C(F)(F)F.[2H]CF. The van der Waals surface area contributed by atoms with Crippen molar-refractivity contribution in [1.29, 1.82) is 0 Å². The Morgan fingerprint density at radius 3 is 1.18 bits per heavy atom.